The number of nitrogens with one attached hydrogen (secondary N) is 1. The molecule has 2 aromatic carbocycles. The maximum Gasteiger partial charge on any atom is 0.189 e. The van der Waals surface area contributed by atoms with Crippen LogP contribution >= 0.6 is 24.0 Å². The first-order valence-corrected chi connectivity index (χ1v) is 8.50. The number of ether oxygens (including phenoxy) is 1. The average molecular weight is 469 g/mol. The minimum atomic E-state index is -0.234. The highest BCUT2D eigenvalue weighted by molar-refractivity contribution is 14.0. The van der Waals surface area contributed by atoms with Crippen molar-refractivity contribution in [2.45, 2.75) is 31.7 Å². The molecule has 0 aromatic heterocycles. The monoisotopic (exact) mass is 469 g/mol. The number of para-hydroxylation sites is 1. The number of rotatable bonds is 4. The van der Waals surface area contributed by atoms with E-state index in [9.17, 15) is 4.39 Å². The van der Waals surface area contributed by atoms with Crippen molar-refractivity contribution in [3.05, 3.63) is 65.5 Å². The molecule has 2 aromatic rings. The summed E-state index contributed by atoms with van der Waals surface area (Å²) in [5, 5.41) is 3.30. The first-order valence-electron chi connectivity index (χ1n) is 8.50. The molecule has 1 aliphatic heterocycles. The van der Waals surface area contributed by atoms with Crippen LogP contribution in [0.5, 0.6) is 5.75 Å². The molecule has 4 nitrogen and oxygen atoms in total. The maximum absolute atomic E-state index is 13.1. The van der Waals surface area contributed by atoms with Gasteiger partial charge in [0.05, 0.1) is 19.2 Å². The van der Waals surface area contributed by atoms with Gasteiger partial charge >= 0.3 is 0 Å². The largest absolute Gasteiger partial charge is 0.493 e. The predicted octanol–water partition coefficient (Wildman–Crippen LogP) is 4.15. The number of hydrogen-bond donors (Lipinski definition) is 2. The SMILES string of the molecule is CC(C)(CN=C(N)NC1CCOc2ccccc21)c1ccc(F)cc1.I. The highest BCUT2D eigenvalue weighted by Crippen LogP contribution is 2.31. The number of guanidine groups is 1. The van der Waals surface area contributed by atoms with E-state index in [0.717, 1.165) is 23.3 Å². The second-order valence-electron chi connectivity index (χ2n) is 6.96. The van der Waals surface area contributed by atoms with Crippen LogP contribution in [0, 0.1) is 5.82 Å². The summed E-state index contributed by atoms with van der Waals surface area (Å²) in [7, 11) is 0. The van der Waals surface area contributed by atoms with Gasteiger partial charge in [0.2, 0.25) is 0 Å². The van der Waals surface area contributed by atoms with Gasteiger partial charge in [-0.1, -0.05) is 44.2 Å². The Balaban J connectivity index is 0.00000243. The van der Waals surface area contributed by atoms with Crippen LogP contribution in [0.2, 0.25) is 0 Å². The van der Waals surface area contributed by atoms with Crippen LogP contribution in [0.4, 0.5) is 4.39 Å². The smallest absolute Gasteiger partial charge is 0.189 e. The number of nitrogens with zero attached hydrogens (tertiary/aromatic N) is 1. The minimum absolute atomic E-state index is 0. The van der Waals surface area contributed by atoms with Crippen molar-refractivity contribution in [3.63, 3.8) is 0 Å². The van der Waals surface area contributed by atoms with Crippen molar-refractivity contribution in [1.29, 1.82) is 0 Å². The van der Waals surface area contributed by atoms with Crippen molar-refractivity contribution in [2.75, 3.05) is 13.2 Å². The van der Waals surface area contributed by atoms with Gasteiger partial charge in [-0.2, -0.15) is 0 Å². The summed E-state index contributed by atoms with van der Waals surface area (Å²) in [6.45, 7) is 5.31. The highest BCUT2D eigenvalue weighted by atomic mass is 127. The zero-order valence-corrected chi connectivity index (χ0v) is 17.4. The molecule has 1 atom stereocenters. The summed E-state index contributed by atoms with van der Waals surface area (Å²) in [5.74, 6) is 1.07. The Bertz CT molecular complexity index is 762. The molecule has 1 heterocycles. The molecule has 6 heteroatoms. The quantitative estimate of drug-likeness (QED) is 0.402. The minimum Gasteiger partial charge on any atom is -0.493 e. The van der Waals surface area contributed by atoms with E-state index in [1.807, 2.05) is 24.3 Å². The summed E-state index contributed by atoms with van der Waals surface area (Å²) >= 11 is 0. The van der Waals surface area contributed by atoms with Crippen LogP contribution in [-0.2, 0) is 5.41 Å². The Hall–Kier alpha value is -1.83. The molecular formula is C20H25FIN3O. The lowest BCUT2D eigenvalue weighted by molar-refractivity contribution is 0.262. The Labute approximate surface area is 171 Å². The van der Waals surface area contributed by atoms with Crippen LogP contribution in [0.1, 0.15) is 37.4 Å². The second-order valence-corrected chi connectivity index (χ2v) is 6.96. The summed E-state index contributed by atoms with van der Waals surface area (Å²) in [6.07, 6.45) is 0.842. The summed E-state index contributed by atoms with van der Waals surface area (Å²) in [5.41, 5.74) is 8.01. The molecule has 3 rings (SSSR count). The first-order chi connectivity index (χ1) is 12.0. The molecule has 1 aliphatic rings. The van der Waals surface area contributed by atoms with Crippen molar-refractivity contribution in [1.82, 2.24) is 5.32 Å². The number of halogens is 2. The number of aliphatic imine (C=N–C) groups is 1. The van der Waals surface area contributed by atoms with Crippen LogP contribution in [-0.4, -0.2) is 19.1 Å². The summed E-state index contributed by atoms with van der Waals surface area (Å²) < 4.78 is 18.8. The van der Waals surface area contributed by atoms with E-state index in [1.54, 1.807) is 12.1 Å². The fraction of sp³-hybridized carbons (Fsp3) is 0.350. The lowest BCUT2D eigenvalue weighted by atomic mass is 9.85. The number of nitrogens with two attached hydrogens (primary N) is 1. The van der Waals surface area contributed by atoms with Crippen LogP contribution in [0.25, 0.3) is 0 Å². The third-order valence-electron chi connectivity index (χ3n) is 4.55. The molecular weight excluding hydrogens is 444 g/mol. The summed E-state index contributed by atoms with van der Waals surface area (Å²) in [4.78, 5) is 4.51. The second kappa shape index (κ2) is 8.70. The van der Waals surface area contributed by atoms with E-state index in [1.165, 1.54) is 12.1 Å². The molecule has 0 bridgehead atoms. The van der Waals surface area contributed by atoms with Crippen molar-refractivity contribution in [3.8, 4) is 5.75 Å². The maximum atomic E-state index is 13.1. The fourth-order valence-corrected chi connectivity index (χ4v) is 2.99. The van der Waals surface area contributed by atoms with Gasteiger partial charge < -0.3 is 15.8 Å². The molecule has 3 N–H and O–H groups in total. The summed E-state index contributed by atoms with van der Waals surface area (Å²) in [6, 6.07) is 14.6. The lowest BCUT2D eigenvalue weighted by Gasteiger charge is -2.27. The van der Waals surface area contributed by atoms with E-state index < -0.39 is 0 Å². The van der Waals surface area contributed by atoms with Gasteiger partial charge in [-0.25, -0.2) is 4.39 Å². The first kappa shape index (κ1) is 20.5. The highest BCUT2D eigenvalue weighted by Gasteiger charge is 2.23. The van der Waals surface area contributed by atoms with Crippen LogP contribution in [0.15, 0.2) is 53.5 Å². The van der Waals surface area contributed by atoms with Gasteiger partial charge in [0.1, 0.15) is 11.6 Å². The van der Waals surface area contributed by atoms with Gasteiger partial charge in [-0.15, -0.1) is 24.0 Å². The van der Waals surface area contributed by atoms with Gasteiger partial charge in [-0.3, -0.25) is 4.99 Å². The molecule has 1 unspecified atom stereocenters. The van der Waals surface area contributed by atoms with Gasteiger partial charge in [0.15, 0.2) is 5.96 Å². The fourth-order valence-electron chi connectivity index (χ4n) is 2.99. The molecule has 0 fully saturated rings. The van der Waals surface area contributed by atoms with Crippen LogP contribution in [0.3, 0.4) is 0 Å². The number of fused-ring (bicyclic) bond motifs is 1. The van der Waals surface area contributed by atoms with Gasteiger partial charge in [0, 0.05) is 17.4 Å². The zero-order chi connectivity index (χ0) is 17.9. The third-order valence-corrected chi connectivity index (χ3v) is 4.55. The van der Waals surface area contributed by atoms with E-state index in [2.05, 4.69) is 24.2 Å². The molecule has 0 spiro atoms. The molecule has 140 valence electrons. The molecule has 26 heavy (non-hydrogen) atoms. The third kappa shape index (κ3) is 4.87. The van der Waals surface area contributed by atoms with Crippen molar-refractivity contribution in [2.24, 2.45) is 10.7 Å². The normalized spacial score (nSPS) is 16.9. The lowest BCUT2D eigenvalue weighted by Crippen LogP contribution is -2.38. The Morgan fingerprint density at radius 2 is 1.92 bits per heavy atom. The van der Waals surface area contributed by atoms with Gasteiger partial charge in [0.25, 0.3) is 0 Å². The van der Waals surface area contributed by atoms with Crippen molar-refractivity contribution < 1.29 is 9.13 Å². The molecule has 0 saturated carbocycles. The van der Waals surface area contributed by atoms with E-state index in [-0.39, 0.29) is 41.3 Å². The molecule has 0 saturated heterocycles. The van der Waals surface area contributed by atoms with Crippen molar-refractivity contribution >= 4 is 29.9 Å². The zero-order valence-electron chi connectivity index (χ0n) is 15.0. The van der Waals surface area contributed by atoms with E-state index in [4.69, 9.17) is 10.5 Å². The Morgan fingerprint density at radius 1 is 1.23 bits per heavy atom. The average Bonchev–Trinajstić information content (AvgIpc) is 2.61. The predicted molar refractivity (Wildman–Crippen MR) is 114 cm³/mol. The number of hydrogen-bond acceptors (Lipinski definition) is 2. The Kier molecular flexibility index (Phi) is 6.86. The molecule has 0 radical (unpaired) electrons. The molecule has 0 aliphatic carbocycles. The van der Waals surface area contributed by atoms with E-state index in [0.29, 0.717) is 19.1 Å². The Morgan fingerprint density at radius 3 is 2.65 bits per heavy atom. The van der Waals surface area contributed by atoms with Gasteiger partial charge in [-0.05, 0) is 23.8 Å². The standard InChI is InChI=1S/C20H24FN3O.HI/c1-20(2,14-7-9-15(21)10-8-14)13-23-19(22)24-17-11-12-25-18-6-4-3-5-16(17)18;/h3-10,17H,11-13H2,1-2H3,(H3,22,23,24);1H. The van der Waals surface area contributed by atoms with E-state index >= 15 is 0 Å². The number of benzene rings is 2. The molecule has 0 amide bonds. The van der Waals surface area contributed by atoms with Crippen LogP contribution < -0.4 is 15.8 Å². The topological polar surface area (TPSA) is 59.6 Å².